The van der Waals surface area contributed by atoms with Crippen LogP contribution in [-0.2, 0) is 21.0 Å². The number of halogens is 3. The molecule has 1 saturated carbocycles. The van der Waals surface area contributed by atoms with Gasteiger partial charge in [0.15, 0.2) is 0 Å². The van der Waals surface area contributed by atoms with Crippen LogP contribution in [0, 0.1) is 17.8 Å². The molecule has 3 rings (SSSR count). The zero-order chi connectivity index (χ0) is 27.9. The molecule has 2 fully saturated rings. The topological polar surface area (TPSA) is 107 Å². The molecule has 0 aromatic heterocycles. The van der Waals surface area contributed by atoms with Gasteiger partial charge in [-0.1, -0.05) is 19.9 Å². The molecule has 1 heterocycles. The van der Waals surface area contributed by atoms with Crippen LogP contribution in [0.2, 0.25) is 0 Å². The van der Waals surface area contributed by atoms with Gasteiger partial charge in [-0.2, -0.15) is 17.5 Å². The smallest absolute Gasteiger partial charge is 0.416 e. The normalized spacial score (nSPS) is 23.6. The number of nitrogens with one attached hydrogen (secondary N) is 1. The Labute approximate surface area is 216 Å². The first kappa shape index (κ1) is 29.2. The molecule has 4 atom stereocenters. The van der Waals surface area contributed by atoms with E-state index in [0.29, 0.717) is 18.9 Å². The molecule has 1 saturated heterocycles. The van der Waals surface area contributed by atoms with E-state index in [1.54, 1.807) is 20.8 Å². The lowest BCUT2D eigenvalue weighted by atomic mass is 9.93. The molecule has 37 heavy (non-hydrogen) atoms. The van der Waals surface area contributed by atoms with Crippen LogP contribution in [-0.4, -0.2) is 65.4 Å². The summed E-state index contributed by atoms with van der Waals surface area (Å²) in [5.74, 6) is -0.604. The van der Waals surface area contributed by atoms with Crippen LogP contribution in [0.4, 0.5) is 18.0 Å². The Hall–Kier alpha value is -2.34. The first-order valence-electron chi connectivity index (χ1n) is 12.4. The third-order valence-corrected chi connectivity index (χ3v) is 9.22. The fourth-order valence-corrected chi connectivity index (χ4v) is 7.17. The molecular formula is C25H36F3N3O5S. The number of amides is 2. The lowest BCUT2D eigenvalue weighted by Gasteiger charge is -2.41. The first-order valence-corrected chi connectivity index (χ1v) is 13.9. The van der Waals surface area contributed by atoms with E-state index in [4.69, 9.17) is 0 Å². The van der Waals surface area contributed by atoms with E-state index in [-0.39, 0.29) is 49.2 Å². The molecule has 1 aromatic carbocycles. The third-order valence-electron chi connectivity index (χ3n) is 7.39. The molecule has 2 amide bonds. The van der Waals surface area contributed by atoms with Crippen molar-refractivity contribution in [1.29, 1.82) is 0 Å². The SMILES string of the molecule is CC(C)[C@@H](CC(=O)N[C@H]1CC[C@@H]2CN(S(=O)(=O)c3cccc(C(F)(F)F)c3)CC21)N(C(=O)O)C(C)(C)C. The average molecular weight is 548 g/mol. The number of rotatable bonds is 7. The summed E-state index contributed by atoms with van der Waals surface area (Å²) in [5.41, 5.74) is -1.73. The minimum absolute atomic E-state index is 0.0168. The number of hydrogen-bond donors (Lipinski definition) is 2. The number of fused-ring (bicyclic) bond motifs is 1. The lowest BCUT2D eigenvalue weighted by molar-refractivity contribution is -0.137. The molecule has 2 aliphatic rings. The van der Waals surface area contributed by atoms with Crippen molar-refractivity contribution in [3.8, 4) is 0 Å². The predicted octanol–water partition coefficient (Wildman–Crippen LogP) is 4.41. The molecule has 1 unspecified atom stereocenters. The van der Waals surface area contributed by atoms with Crippen molar-refractivity contribution in [2.45, 2.75) is 82.6 Å². The molecular weight excluding hydrogens is 511 g/mol. The second kappa shape index (κ2) is 10.4. The van der Waals surface area contributed by atoms with Crippen molar-refractivity contribution in [2.24, 2.45) is 17.8 Å². The maximum Gasteiger partial charge on any atom is 0.416 e. The monoisotopic (exact) mass is 547 g/mol. The molecule has 8 nitrogen and oxygen atoms in total. The molecule has 12 heteroatoms. The van der Waals surface area contributed by atoms with Crippen LogP contribution in [0.5, 0.6) is 0 Å². The Bertz CT molecular complexity index is 1120. The highest BCUT2D eigenvalue weighted by atomic mass is 32.2. The number of nitrogens with zero attached hydrogens (tertiary/aromatic N) is 2. The Kier molecular flexibility index (Phi) is 8.24. The number of carbonyl (C=O) groups is 2. The fourth-order valence-electron chi connectivity index (χ4n) is 5.59. The van der Waals surface area contributed by atoms with Gasteiger partial charge in [0.1, 0.15) is 0 Å². The van der Waals surface area contributed by atoms with E-state index in [2.05, 4.69) is 5.32 Å². The first-order chi connectivity index (χ1) is 16.9. The lowest BCUT2D eigenvalue weighted by Crippen LogP contribution is -2.55. The summed E-state index contributed by atoms with van der Waals surface area (Å²) in [6, 6.07) is 2.89. The van der Waals surface area contributed by atoms with Gasteiger partial charge in [-0.3, -0.25) is 9.69 Å². The van der Waals surface area contributed by atoms with Crippen LogP contribution < -0.4 is 5.32 Å². The molecule has 0 radical (unpaired) electrons. The Balaban J connectivity index is 1.71. The highest BCUT2D eigenvalue weighted by Gasteiger charge is 2.47. The summed E-state index contributed by atoms with van der Waals surface area (Å²) >= 11 is 0. The Morgan fingerprint density at radius 3 is 2.35 bits per heavy atom. The molecule has 1 aliphatic heterocycles. The minimum Gasteiger partial charge on any atom is -0.465 e. The third kappa shape index (κ3) is 6.39. The molecule has 1 aromatic rings. The second-order valence-corrected chi connectivity index (χ2v) is 13.3. The van der Waals surface area contributed by atoms with Gasteiger partial charge in [-0.15, -0.1) is 0 Å². The number of carboxylic acid groups (broad SMARTS) is 1. The van der Waals surface area contributed by atoms with Crippen molar-refractivity contribution in [2.75, 3.05) is 13.1 Å². The number of hydrogen-bond acceptors (Lipinski definition) is 4. The summed E-state index contributed by atoms with van der Waals surface area (Å²) in [5, 5.41) is 12.8. The van der Waals surface area contributed by atoms with Gasteiger partial charge >= 0.3 is 12.3 Å². The standard InChI is InChI=1S/C25H36F3N3O5S/c1-15(2)21(31(23(33)34)24(3,4)5)12-22(32)29-20-10-9-16-13-30(14-19(16)20)37(35,36)18-8-6-7-17(11-18)25(26,27)28/h6-8,11,15-16,19-21H,9-10,12-14H2,1-5H3,(H,29,32)(H,33,34)/t16-,19?,20+,21-/m1/s1. The summed E-state index contributed by atoms with van der Waals surface area (Å²) < 4.78 is 66.8. The fraction of sp³-hybridized carbons (Fsp3) is 0.680. The minimum atomic E-state index is -4.65. The van der Waals surface area contributed by atoms with Gasteiger partial charge in [-0.05, 0) is 69.6 Å². The quantitative estimate of drug-likeness (QED) is 0.526. The highest BCUT2D eigenvalue weighted by molar-refractivity contribution is 7.89. The highest BCUT2D eigenvalue weighted by Crippen LogP contribution is 2.41. The summed E-state index contributed by atoms with van der Waals surface area (Å²) in [4.78, 5) is 25.9. The van der Waals surface area contributed by atoms with Gasteiger partial charge < -0.3 is 10.4 Å². The van der Waals surface area contributed by atoms with Crippen LogP contribution >= 0.6 is 0 Å². The van der Waals surface area contributed by atoms with E-state index in [1.165, 1.54) is 9.21 Å². The van der Waals surface area contributed by atoms with E-state index in [1.807, 2.05) is 13.8 Å². The van der Waals surface area contributed by atoms with E-state index < -0.39 is 44.3 Å². The number of carbonyl (C=O) groups excluding carboxylic acids is 1. The Morgan fingerprint density at radius 1 is 1.16 bits per heavy atom. The predicted molar refractivity (Wildman–Crippen MR) is 131 cm³/mol. The molecule has 2 N–H and O–H groups in total. The van der Waals surface area contributed by atoms with Crippen molar-refractivity contribution in [3.05, 3.63) is 29.8 Å². The zero-order valence-electron chi connectivity index (χ0n) is 21.7. The van der Waals surface area contributed by atoms with E-state index in [0.717, 1.165) is 18.2 Å². The van der Waals surface area contributed by atoms with Gasteiger partial charge in [0.25, 0.3) is 0 Å². The van der Waals surface area contributed by atoms with Crippen LogP contribution in [0.25, 0.3) is 0 Å². The van der Waals surface area contributed by atoms with Crippen molar-refractivity contribution < 1.29 is 36.3 Å². The average Bonchev–Trinajstić information content (AvgIpc) is 3.34. The molecule has 0 spiro atoms. The number of sulfonamides is 1. The zero-order valence-corrected chi connectivity index (χ0v) is 22.6. The maximum atomic E-state index is 13.1. The Morgan fingerprint density at radius 2 is 1.81 bits per heavy atom. The summed E-state index contributed by atoms with van der Waals surface area (Å²) in [6.07, 6.45) is -4.44. The van der Waals surface area contributed by atoms with Crippen molar-refractivity contribution in [1.82, 2.24) is 14.5 Å². The van der Waals surface area contributed by atoms with Crippen LogP contribution in [0.1, 0.15) is 59.4 Å². The largest absolute Gasteiger partial charge is 0.465 e. The van der Waals surface area contributed by atoms with Gasteiger partial charge in [0.05, 0.1) is 10.5 Å². The number of benzene rings is 1. The van der Waals surface area contributed by atoms with Crippen LogP contribution in [0.3, 0.4) is 0 Å². The van der Waals surface area contributed by atoms with Gasteiger partial charge in [0, 0.05) is 37.1 Å². The van der Waals surface area contributed by atoms with E-state index in [9.17, 15) is 36.3 Å². The van der Waals surface area contributed by atoms with Gasteiger partial charge in [0.2, 0.25) is 15.9 Å². The van der Waals surface area contributed by atoms with Gasteiger partial charge in [-0.25, -0.2) is 13.2 Å². The summed E-state index contributed by atoms with van der Waals surface area (Å²) in [6.45, 7) is 9.32. The van der Waals surface area contributed by atoms with Crippen molar-refractivity contribution >= 4 is 22.0 Å². The maximum absolute atomic E-state index is 13.1. The van der Waals surface area contributed by atoms with E-state index >= 15 is 0 Å². The molecule has 208 valence electrons. The second-order valence-electron chi connectivity index (χ2n) is 11.4. The van der Waals surface area contributed by atoms with Crippen LogP contribution in [0.15, 0.2) is 29.2 Å². The molecule has 1 aliphatic carbocycles. The van der Waals surface area contributed by atoms with Crippen molar-refractivity contribution in [3.63, 3.8) is 0 Å². The molecule has 0 bridgehead atoms. The number of alkyl halides is 3. The summed E-state index contributed by atoms with van der Waals surface area (Å²) in [7, 11) is -4.13.